The summed E-state index contributed by atoms with van der Waals surface area (Å²) in [6.45, 7) is 1.40. The molecule has 1 aliphatic rings. The zero-order valence-electron chi connectivity index (χ0n) is 21.8. The van der Waals surface area contributed by atoms with Gasteiger partial charge in [-0.15, -0.1) is 0 Å². The Morgan fingerprint density at radius 1 is 0.725 bits per heavy atom. The van der Waals surface area contributed by atoms with Crippen molar-refractivity contribution >= 4 is 11.2 Å². The van der Waals surface area contributed by atoms with Gasteiger partial charge in [-0.1, -0.05) is 91.0 Å². The Kier molecular flexibility index (Phi) is 8.15. The molecule has 0 aliphatic carbocycles. The minimum atomic E-state index is -0.839. The minimum Gasteiger partial charge on any atom is -0.374 e. The Morgan fingerprint density at radius 3 is 1.93 bits per heavy atom. The largest absolute Gasteiger partial charge is 0.374 e. The topological polar surface area (TPSA) is 80.5 Å². The van der Waals surface area contributed by atoms with Gasteiger partial charge in [0.25, 0.3) is 0 Å². The van der Waals surface area contributed by atoms with Crippen LogP contribution in [0.3, 0.4) is 0 Å². The summed E-state index contributed by atoms with van der Waals surface area (Å²) in [7, 11) is 0. The van der Waals surface area contributed by atoms with Gasteiger partial charge in [0.05, 0.1) is 39.0 Å². The number of nitrogens with zero attached hydrogens (tertiary/aromatic N) is 4. The molecule has 5 aromatic rings. The average Bonchev–Trinajstić information content (AvgIpc) is 3.57. The summed E-state index contributed by atoms with van der Waals surface area (Å²) in [6, 6.07) is 29.8. The van der Waals surface area contributed by atoms with E-state index in [1.807, 2.05) is 91.0 Å². The molecule has 0 N–H and O–H groups in total. The maximum Gasteiger partial charge on any atom is 0.310 e. The van der Waals surface area contributed by atoms with Crippen molar-refractivity contribution in [2.24, 2.45) is 0 Å². The lowest BCUT2D eigenvalue weighted by molar-refractivity contribution is -0.0913. The Balaban J connectivity index is 1.29. The first-order valence-electron chi connectivity index (χ1n) is 13.2. The molecule has 0 amide bonds. The lowest BCUT2D eigenvalue weighted by Crippen LogP contribution is -2.38. The third-order valence-electron chi connectivity index (χ3n) is 6.81. The number of hydrogen-bond acceptors (Lipinski definition) is 7. The molecule has 4 atom stereocenters. The Hall–Kier alpha value is -4.02. The number of hydrogen-bond donors (Lipinski definition) is 0. The van der Waals surface area contributed by atoms with Gasteiger partial charge in [0.2, 0.25) is 0 Å². The van der Waals surface area contributed by atoms with Crippen LogP contribution >= 0.6 is 0 Å². The number of benzene rings is 3. The fourth-order valence-corrected chi connectivity index (χ4v) is 4.84. The third kappa shape index (κ3) is 6.08. The number of fused-ring (bicyclic) bond motifs is 1. The van der Waals surface area contributed by atoms with Crippen LogP contribution in [0.1, 0.15) is 22.9 Å². The van der Waals surface area contributed by atoms with E-state index in [2.05, 4.69) is 15.0 Å². The number of ether oxygens (including phenoxy) is 4. The van der Waals surface area contributed by atoms with E-state index in [-0.39, 0.29) is 6.61 Å². The normalized spacial score (nSPS) is 20.7. The van der Waals surface area contributed by atoms with Crippen LogP contribution < -0.4 is 0 Å². The van der Waals surface area contributed by atoms with Crippen molar-refractivity contribution in [1.82, 2.24) is 19.5 Å². The maximum absolute atomic E-state index is 14.1. The third-order valence-corrected chi connectivity index (χ3v) is 6.81. The maximum atomic E-state index is 14.1. The zero-order chi connectivity index (χ0) is 27.1. The van der Waals surface area contributed by atoms with Crippen LogP contribution in [0.15, 0.2) is 104 Å². The van der Waals surface area contributed by atoms with Gasteiger partial charge in [-0.3, -0.25) is 4.57 Å². The Morgan fingerprint density at radius 2 is 1.30 bits per heavy atom. The summed E-state index contributed by atoms with van der Waals surface area (Å²) in [4.78, 5) is 12.0. The molecule has 2 aromatic heterocycles. The highest BCUT2D eigenvalue weighted by Gasteiger charge is 2.48. The molecule has 0 saturated carbocycles. The van der Waals surface area contributed by atoms with Gasteiger partial charge in [0.15, 0.2) is 11.9 Å². The molecule has 0 bridgehead atoms. The van der Waals surface area contributed by atoms with Crippen LogP contribution in [0.2, 0.25) is 0 Å². The van der Waals surface area contributed by atoms with Crippen molar-refractivity contribution in [3.05, 3.63) is 126 Å². The molecule has 0 unspecified atom stereocenters. The van der Waals surface area contributed by atoms with Gasteiger partial charge in [0.1, 0.15) is 23.8 Å². The van der Waals surface area contributed by atoms with E-state index in [1.54, 1.807) is 10.9 Å². The van der Waals surface area contributed by atoms with Crippen molar-refractivity contribution in [2.45, 2.75) is 44.4 Å². The van der Waals surface area contributed by atoms with Gasteiger partial charge in [-0.2, -0.15) is 9.37 Å². The second-order valence-corrected chi connectivity index (χ2v) is 9.59. The average molecular weight is 541 g/mol. The Bertz CT molecular complexity index is 1500. The second-order valence-electron chi connectivity index (χ2n) is 9.59. The zero-order valence-corrected chi connectivity index (χ0v) is 21.8. The van der Waals surface area contributed by atoms with Crippen LogP contribution in [-0.4, -0.2) is 44.4 Å². The SMILES string of the molecule is Fc1ncc2ncn([C@@H]3O[C@H](COCc4ccccc4)[C@@H](OCc4ccccc4)[C@@H]3OCc3ccccc3)c2n1. The highest BCUT2D eigenvalue weighted by atomic mass is 19.1. The Labute approximate surface area is 231 Å². The molecular formula is C31H29FN4O4. The van der Waals surface area contributed by atoms with Crippen LogP contribution in [0, 0.1) is 6.08 Å². The summed E-state index contributed by atoms with van der Waals surface area (Å²) in [5.41, 5.74) is 3.87. The fraction of sp³-hybridized carbons (Fsp3) is 0.258. The van der Waals surface area contributed by atoms with Crippen LogP contribution in [0.4, 0.5) is 4.39 Å². The van der Waals surface area contributed by atoms with Gasteiger partial charge in [0, 0.05) is 0 Å². The summed E-state index contributed by atoms with van der Waals surface area (Å²) in [5, 5.41) is 0. The number of rotatable bonds is 11. The lowest BCUT2D eigenvalue weighted by atomic mass is 10.1. The molecule has 0 radical (unpaired) electrons. The van der Waals surface area contributed by atoms with Crippen molar-refractivity contribution < 1.29 is 23.3 Å². The highest BCUT2D eigenvalue weighted by Crippen LogP contribution is 2.36. The van der Waals surface area contributed by atoms with Crippen molar-refractivity contribution in [2.75, 3.05) is 6.61 Å². The molecule has 3 aromatic carbocycles. The molecule has 1 aliphatic heterocycles. The number of imidazole rings is 1. The van der Waals surface area contributed by atoms with Gasteiger partial charge in [-0.25, -0.2) is 9.97 Å². The lowest BCUT2D eigenvalue weighted by Gasteiger charge is -2.25. The van der Waals surface area contributed by atoms with Crippen molar-refractivity contribution in [3.8, 4) is 0 Å². The standard InChI is InChI=1S/C31H29FN4O4/c32-31-33-16-25-29(35-31)36(21-34-25)30-28(39-19-24-14-8-3-9-15-24)27(38-18-23-12-6-2-7-13-23)26(40-30)20-37-17-22-10-4-1-5-11-22/h1-16,21,26-28,30H,17-20H2/t26-,27-,28+,30-/m1/s1. The molecule has 9 heteroatoms. The van der Waals surface area contributed by atoms with Crippen LogP contribution in [-0.2, 0) is 38.8 Å². The number of halogens is 1. The van der Waals surface area contributed by atoms with Crippen LogP contribution in [0.25, 0.3) is 11.2 Å². The van der Waals surface area contributed by atoms with E-state index in [4.69, 9.17) is 18.9 Å². The van der Waals surface area contributed by atoms with Crippen LogP contribution in [0.5, 0.6) is 0 Å². The van der Waals surface area contributed by atoms with E-state index >= 15 is 0 Å². The molecular weight excluding hydrogens is 511 g/mol. The first kappa shape index (κ1) is 26.2. The molecule has 1 saturated heterocycles. The molecule has 8 nitrogen and oxygen atoms in total. The quantitative estimate of drug-likeness (QED) is 0.212. The van der Waals surface area contributed by atoms with E-state index in [9.17, 15) is 4.39 Å². The van der Waals surface area contributed by atoms with Gasteiger partial charge in [-0.05, 0) is 16.7 Å². The first-order chi connectivity index (χ1) is 19.7. The molecule has 1 fully saturated rings. The van der Waals surface area contributed by atoms with E-state index in [0.717, 1.165) is 16.7 Å². The summed E-state index contributed by atoms with van der Waals surface area (Å²) in [5.74, 6) is 0. The molecule has 3 heterocycles. The van der Waals surface area contributed by atoms with Gasteiger partial charge >= 0.3 is 6.08 Å². The highest BCUT2D eigenvalue weighted by molar-refractivity contribution is 5.69. The molecule has 204 valence electrons. The summed E-state index contributed by atoms with van der Waals surface area (Å²) >= 11 is 0. The monoisotopic (exact) mass is 540 g/mol. The predicted octanol–water partition coefficient (Wildman–Crippen LogP) is 5.25. The predicted molar refractivity (Wildman–Crippen MR) is 145 cm³/mol. The molecule has 6 rings (SSSR count). The smallest absolute Gasteiger partial charge is 0.310 e. The second kappa shape index (κ2) is 12.4. The van der Waals surface area contributed by atoms with E-state index < -0.39 is 30.6 Å². The number of aromatic nitrogens is 4. The first-order valence-corrected chi connectivity index (χ1v) is 13.2. The van der Waals surface area contributed by atoms with E-state index in [0.29, 0.717) is 31.0 Å². The van der Waals surface area contributed by atoms with E-state index in [1.165, 1.54) is 6.20 Å². The molecule has 40 heavy (non-hydrogen) atoms. The van der Waals surface area contributed by atoms with Gasteiger partial charge < -0.3 is 18.9 Å². The summed E-state index contributed by atoms with van der Waals surface area (Å²) < 4.78 is 41.4. The van der Waals surface area contributed by atoms with Crippen molar-refractivity contribution in [3.63, 3.8) is 0 Å². The molecule has 0 spiro atoms. The minimum absolute atomic E-state index is 0.270. The fourth-order valence-electron chi connectivity index (χ4n) is 4.84. The summed E-state index contributed by atoms with van der Waals surface area (Å²) in [6.07, 6.45) is -0.125. The van der Waals surface area contributed by atoms with Crippen molar-refractivity contribution in [1.29, 1.82) is 0 Å².